The number of aromatic nitrogens is 1. The lowest BCUT2D eigenvalue weighted by Gasteiger charge is -2.13. The van der Waals surface area contributed by atoms with Gasteiger partial charge in [-0.05, 0) is 66.8 Å². The van der Waals surface area contributed by atoms with Crippen molar-refractivity contribution in [3.8, 4) is 16.9 Å². The molecule has 0 aliphatic carbocycles. The van der Waals surface area contributed by atoms with Gasteiger partial charge in [-0.2, -0.15) is 21.4 Å². The molecule has 1 unspecified atom stereocenters. The number of aryl methyl sites for hydroxylation is 1. The molecule has 4 aromatic rings. The summed E-state index contributed by atoms with van der Waals surface area (Å²) in [6.45, 7) is 3.86. The fraction of sp³-hybridized carbons (Fsp3) is 0.281. The fourth-order valence-electron chi connectivity index (χ4n) is 4.49. The Morgan fingerprint density at radius 3 is 2.38 bits per heavy atom. The summed E-state index contributed by atoms with van der Waals surface area (Å²) in [4.78, 5) is 0. The van der Waals surface area contributed by atoms with Crippen LogP contribution in [0.1, 0.15) is 39.0 Å². The number of nitrogens with zero attached hydrogens (tertiary/aromatic N) is 1. The first kappa shape index (κ1) is 34.2. The Kier molecular flexibility index (Phi) is 11.5. The number of oxazole rings is 1. The second-order valence-corrected chi connectivity index (χ2v) is 14.3. The van der Waals surface area contributed by atoms with E-state index >= 15 is 0 Å². The van der Waals surface area contributed by atoms with E-state index < -0.39 is 31.2 Å². The van der Waals surface area contributed by atoms with Crippen LogP contribution in [0.15, 0.2) is 94.7 Å². The number of allylic oxidation sites excluding steroid dienone is 2. The van der Waals surface area contributed by atoms with Crippen molar-refractivity contribution in [1.29, 1.82) is 0 Å². The number of halogens is 1. The number of benzene rings is 3. The Balaban J connectivity index is 1.74. The van der Waals surface area contributed by atoms with Crippen molar-refractivity contribution in [1.82, 2.24) is 5.32 Å². The van der Waals surface area contributed by atoms with Gasteiger partial charge in [-0.3, -0.25) is 9.11 Å². The summed E-state index contributed by atoms with van der Waals surface area (Å²) < 4.78 is 78.8. The van der Waals surface area contributed by atoms with Gasteiger partial charge in [-0.15, -0.1) is 0 Å². The molecule has 3 N–H and O–H groups in total. The zero-order valence-corrected chi connectivity index (χ0v) is 27.3. The highest BCUT2D eigenvalue weighted by atomic mass is 35.5. The highest BCUT2D eigenvalue weighted by molar-refractivity contribution is 7.86. The summed E-state index contributed by atoms with van der Waals surface area (Å²) in [5, 5.41) is 2.64. The zero-order valence-electron chi connectivity index (χ0n) is 24.9. The third kappa shape index (κ3) is 10.2. The molecular formula is C32H36ClN2O8S2+. The van der Waals surface area contributed by atoms with Crippen LogP contribution < -0.4 is 14.6 Å². The molecule has 0 spiro atoms. The third-order valence-electron chi connectivity index (χ3n) is 7.06. The Morgan fingerprint density at radius 1 is 1.02 bits per heavy atom. The van der Waals surface area contributed by atoms with Gasteiger partial charge in [0.2, 0.25) is 5.58 Å². The van der Waals surface area contributed by atoms with E-state index in [2.05, 4.69) is 5.32 Å². The maximum absolute atomic E-state index is 11.8. The van der Waals surface area contributed by atoms with Crippen molar-refractivity contribution in [2.75, 3.05) is 12.3 Å². The van der Waals surface area contributed by atoms with E-state index in [-0.39, 0.29) is 25.9 Å². The van der Waals surface area contributed by atoms with Crippen LogP contribution in [0.25, 0.3) is 28.3 Å². The molecule has 0 aliphatic heterocycles. The van der Waals surface area contributed by atoms with Crippen molar-refractivity contribution < 1.29 is 39.7 Å². The highest BCUT2D eigenvalue weighted by Gasteiger charge is 2.26. The van der Waals surface area contributed by atoms with Crippen LogP contribution in [-0.4, -0.2) is 43.5 Å². The second-order valence-electron chi connectivity index (χ2n) is 10.5. The van der Waals surface area contributed by atoms with Gasteiger partial charge in [0.05, 0.1) is 17.1 Å². The molecule has 4 rings (SSSR count). The molecular weight excluding hydrogens is 640 g/mol. The summed E-state index contributed by atoms with van der Waals surface area (Å²) in [5.41, 5.74) is 4.10. The lowest BCUT2D eigenvalue weighted by Crippen LogP contribution is -2.37. The summed E-state index contributed by atoms with van der Waals surface area (Å²) in [5.74, 6) is 0.879. The smallest absolute Gasteiger partial charge is 0.374 e. The molecule has 1 atom stereocenters. The fourth-order valence-corrected chi connectivity index (χ4v) is 5.53. The highest BCUT2D eigenvalue weighted by Crippen LogP contribution is 2.26. The van der Waals surface area contributed by atoms with Crippen LogP contribution in [0, 0.1) is 0 Å². The van der Waals surface area contributed by atoms with Gasteiger partial charge in [-0.25, -0.2) is 0 Å². The van der Waals surface area contributed by atoms with Gasteiger partial charge in [0.15, 0.2) is 12.4 Å². The van der Waals surface area contributed by atoms with Gasteiger partial charge in [-0.1, -0.05) is 54.9 Å². The summed E-state index contributed by atoms with van der Waals surface area (Å²) in [7, 11) is -8.33. The van der Waals surface area contributed by atoms with Crippen molar-refractivity contribution in [3.05, 3.63) is 101 Å². The van der Waals surface area contributed by atoms with E-state index in [0.717, 1.165) is 22.2 Å². The van der Waals surface area contributed by atoms with E-state index in [9.17, 15) is 21.4 Å². The van der Waals surface area contributed by atoms with Crippen LogP contribution in [-0.2, 0) is 26.8 Å². The van der Waals surface area contributed by atoms with Crippen LogP contribution in [0.2, 0.25) is 5.02 Å². The largest absolute Gasteiger partial charge is 0.441 e. The second kappa shape index (κ2) is 15.1. The van der Waals surface area contributed by atoms with Gasteiger partial charge < -0.3 is 14.5 Å². The Labute approximate surface area is 268 Å². The molecule has 10 nitrogen and oxygen atoms in total. The summed E-state index contributed by atoms with van der Waals surface area (Å²) >= 11 is 6.02. The molecule has 45 heavy (non-hydrogen) atoms. The quantitative estimate of drug-likeness (QED) is 0.0435. The summed E-state index contributed by atoms with van der Waals surface area (Å²) in [6.07, 6.45) is 4.42. The molecule has 1 aromatic heterocycles. The third-order valence-corrected chi connectivity index (χ3v) is 9.37. The number of fused-ring (bicyclic) bond motifs is 1. The number of hydrogen-bond donors (Lipinski definition) is 3. The number of hydrogen-bond acceptors (Lipinski definition) is 7. The van der Waals surface area contributed by atoms with Gasteiger partial charge in [0.1, 0.15) is 5.75 Å². The molecule has 0 saturated heterocycles. The molecule has 240 valence electrons. The topological polar surface area (TPSA) is 147 Å². The molecule has 0 amide bonds. The van der Waals surface area contributed by atoms with E-state index in [1.54, 1.807) is 30.3 Å². The lowest BCUT2D eigenvalue weighted by atomic mass is 10.1. The monoisotopic (exact) mass is 675 g/mol. The first-order chi connectivity index (χ1) is 21.3. The Morgan fingerprint density at radius 2 is 1.73 bits per heavy atom. The van der Waals surface area contributed by atoms with E-state index in [4.69, 9.17) is 25.3 Å². The average molecular weight is 676 g/mol. The maximum atomic E-state index is 11.8. The van der Waals surface area contributed by atoms with Crippen LogP contribution in [0.5, 0.6) is 5.75 Å². The first-order valence-corrected chi connectivity index (χ1v) is 17.8. The minimum Gasteiger partial charge on any atom is -0.441 e. The minimum absolute atomic E-state index is 0.143. The average Bonchev–Trinajstić information content (AvgIpc) is 3.34. The molecule has 0 saturated carbocycles. The molecule has 0 aliphatic rings. The Bertz CT molecular complexity index is 1890. The number of nitrogens with one attached hydrogen (secondary N) is 1. The molecule has 3 aromatic carbocycles. The molecule has 0 fully saturated rings. The van der Waals surface area contributed by atoms with Crippen molar-refractivity contribution in [3.63, 3.8) is 0 Å². The maximum Gasteiger partial charge on any atom is 0.374 e. The number of ether oxygens (including phenoxy) is 1. The predicted octanol–water partition coefficient (Wildman–Crippen LogP) is 6.29. The van der Waals surface area contributed by atoms with Gasteiger partial charge in [0, 0.05) is 30.1 Å². The number of rotatable bonds is 15. The van der Waals surface area contributed by atoms with Crippen molar-refractivity contribution in [2.24, 2.45) is 0 Å². The molecule has 1 heterocycles. The van der Waals surface area contributed by atoms with Crippen molar-refractivity contribution in [2.45, 2.75) is 44.9 Å². The van der Waals surface area contributed by atoms with E-state index in [0.29, 0.717) is 34.5 Å². The molecule has 13 heteroatoms. The predicted molar refractivity (Wildman–Crippen MR) is 175 cm³/mol. The molecule has 0 bridgehead atoms. The molecule has 0 radical (unpaired) electrons. The van der Waals surface area contributed by atoms with Gasteiger partial charge >= 0.3 is 5.89 Å². The normalized spacial score (nSPS) is 13.6. The standard InChI is InChI=1S/C32H35ClN2O8S2/c1-3-24(20-31(34-17-7-19-44(36,37)38)42-28-13-11-27(33)12-14-28)21-32-35(18-16-23(2)45(39,40)41)29-22-26(10-15-30(29)43-32)25-8-5-4-6-9-25/h4-6,8-15,20-23H,3,7,16-19H2,1-2H3,(H2,36,37,38,39,40,41)/p+1. The van der Waals surface area contributed by atoms with Gasteiger partial charge in [0.25, 0.3) is 25.8 Å². The van der Waals surface area contributed by atoms with Crippen LogP contribution >= 0.6 is 11.6 Å². The Hall–Kier alpha value is -3.68. The van der Waals surface area contributed by atoms with E-state index in [1.807, 2.05) is 66.1 Å². The van der Waals surface area contributed by atoms with E-state index in [1.165, 1.54) is 6.92 Å². The summed E-state index contributed by atoms with van der Waals surface area (Å²) in [6, 6.07) is 22.4. The lowest BCUT2D eigenvalue weighted by molar-refractivity contribution is -0.678. The zero-order chi connectivity index (χ0) is 32.6. The minimum atomic E-state index is -4.23. The first-order valence-electron chi connectivity index (χ1n) is 14.3. The van der Waals surface area contributed by atoms with Crippen molar-refractivity contribution >= 4 is 49.0 Å². The van der Waals surface area contributed by atoms with Crippen LogP contribution in [0.4, 0.5) is 0 Å². The SMILES string of the molecule is CCC(=Cc1oc2ccc(-c3ccccc3)cc2[n+]1CCC(C)S(=O)(=O)O)C=C(NCCCS(=O)(=O)O)Oc1ccc(Cl)cc1. The van der Waals surface area contributed by atoms with Crippen LogP contribution in [0.3, 0.4) is 0 Å².